The number of azo groups is 1. The molecule has 1 amide bonds. The molecule has 0 spiro atoms. The molecule has 0 aliphatic rings. The Bertz CT molecular complexity index is 1210. The highest BCUT2D eigenvalue weighted by atomic mass is 32.2. The van der Waals surface area contributed by atoms with Crippen molar-refractivity contribution in [2.75, 3.05) is 10.0 Å². The van der Waals surface area contributed by atoms with Crippen LogP contribution < -0.4 is 10.0 Å². The molecule has 1 aromatic heterocycles. The number of rotatable bonds is 8. The third-order valence-electron chi connectivity index (χ3n) is 4.13. The Morgan fingerprint density at radius 3 is 2.42 bits per heavy atom. The highest BCUT2D eigenvalue weighted by molar-refractivity contribution is 7.93. The minimum atomic E-state index is -3.79. The summed E-state index contributed by atoms with van der Waals surface area (Å²) in [7, 11) is -3.79. The molecule has 9 nitrogen and oxygen atoms in total. The number of anilines is 2. The number of aryl methyl sites for hydroxylation is 1. The fraction of sp³-hybridized carbons (Fsp3) is 0.150. The molecular formula is C20H19N5O4S2. The lowest BCUT2D eigenvalue weighted by molar-refractivity contribution is -0.126. The molecule has 0 saturated heterocycles. The predicted octanol–water partition coefficient (Wildman–Crippen LogP) is 3.93. The number of ketones is 1. The van der Waals surface area contributed by atoms with Crippen LogP contribution >= 0.6 is 11.3 Å². The lowest BCUT2D eigenvalue weighted by Crippen LogP contribution is -2.32. The second-order valence-electron chi connectivity index (χ2n) is 6.47. The van der Waals surface area contributed by atoms with Gasteiger partial charge in [-0.1, -0.05) is 18.2 Å². The van der Waals surface area contributed by atoms with Crippen LogP contribution in [-0.2, 0) is 19.6 Å². The Morgan fingerprint density at radius 1 is 1.10 bits per heavy atom. The molecule has 2 N–H and O–H groups in total. The normalized spacial score (nSPS) is 12.5. The molecule has 3 rings (SSSR count). The lowest BCUT2D eigenvalue weighted by atomic mass is 10.1. The third-order valence-corrected chi connectivity index (χ3v) is 6.30. The van der Waals surface area contributed by atoms with Crippen LogP contribution in [0.1, 0.15) is 12.5 Å². The van der Waals surface area contributed by atoms with Crippen LogP contribution in [0.5, 0.6) is 0 Å². The van der Waals surface area contributed by atoms with Crippen LogP contribution in [-0.4, -0.2) is 31.1 Å². The molecule has 0 saturated carbocycles. The number of nitrogens with zero attached hydrogens (tertiary/aromatic N) is 3. The first-order chi connectivity index (χ1) is 14.8. The maximum atomic E-state index is 12.5. The monoisotopic (exact) mass is 457 g/mol. The van der Waals surface area contributed by atoms with Crippen molar-refractivity contribution in [3.8, 4) is 0 Å². The van der Waals surface area contributed by atoms with E-state index in [1.165, 1.54) is 37.4 Å². The van der Waals surface area contributed by atoms with Crippen molar-refractivity contribution in [2.24, 2.45) is 10.2 Å². The molecule has 31 heavy (non-hydrogen) atoms. The van der Waals surface area contributed by atoms with E-state index in [4.69, 9.17) is 0 Å². The SMILES string of the molecule is CC(=O)[C@@H](N=Nc1ccc(S(=O)(=O)Nc2nccs2)cc1)C(=O)Nc1ccccc1C. The van der Waals surface area contributed by atoms with E-state index < -0.39 is 27.8 Å². The summed E-state index contributed by atoms with van der Waals surface area (Å²) in [5.41, 5.74) is 1.72. The van der Waals surface area contributed by atoms with Gasteiger partial charge >= 0.3 is 0 Å². The van der Waals surface area contributed by atoms with E-state index in [0.29, 0.717) is 11.4 Å². The maximum absolute atomic E-state index is 12.5. The highest BCUT2D eigenvalue weighted by Crippen LogP contribution is 2.21. The Hall–Kier alpha value is -3.44. The standard InChI is InChI=1S/C20H19N5O4S2/c1-13-5-3-4-6-17(13)22-19(27)18(14(2)26)24-23-15-7-9-16(10-8-15)31(28,29)25-20-21-11-12-30-20/h3-12,18H,1-2H3,(H,21,25)(H,22,27)/t18-/m1/s1. The van der Waals surface area contributed by atoms with Crippen molar-refractivity contribution in [1.82, 2.24) is 4.98 Å². The van der Waals surface area contributed by atoms with Gasteiger partial charge in [-0.3, -0.25) is 14.3 Å². The lowest BCUT2D eigenvalue weighted by Gasteiger charge is -2.11. The topological polar surface area (TPSA) is 130 Å². The molecule has 0 aliphatic heterocycles. The van der Waals surface area contributed by atoms with Gasteiger partial charge in [0.2, 0.25) is 6.04 Å². The van der Waals surface area contributed by atoms with Crippen molar-refractivity contribution in [3.63, 3.8) is 0 Å². The first-order valence-corrected chi connectivity index (χ1v) is 11.4. The summed E-state index contributed by atoms with van der Waals surface area (Å²) in [6.07, 6.45) is 1.49. The first-order valence-electron chi connectivity index (χ1n) is 9.06. The van der Waals surface area contributed by atoms with E-state index in [0.717, 1.165) is 16.9 Å². The summed E-state index contributed by atoms with van der Waals surface area (Å²) in [6.45, 7) is 3.08. The van der Waals surface area contributed by atoms with Gasteiger partial charge in [0.1, 0.15) is 0 Å². The smallest absolute Gasteiger partial charge is 0.263 e. The summed E-state index contributed by atoms with van der Waals surface area (Å²) in [5, 5.41) is 12.4. The number of para-hydroxylation sites is 1. The van der Waals surface area contributed by atoms with Crippen molar-refractivity contribution in [2.45, 2.75) is 24.8 Å². The van der Waals surface area contributed by atoms with Crippen LogP contribution in [0.25, 0.3) is 0 Å². The number of aromatic nitrogens is 1. The van der Waals surface area contributed by atoms with Crippen LogP contribution in [0.3, 0.4) is 0 Å². The van der Waals surface area contributed by atoms with Crippen LogP contribution in [0.4, 0.5) is 16.5 Å². The predicted molar refractivity (Wildman–Crippen MR) is 118 cm³/mol. The average molecular weight is 458 g/mol. The second kappa shape index (κ2) is 9.58. The fourth-order valence-electron chi connectivity index (χ4n) is 2.50. The van der Waals surface area contributed by atoms with E-state index in [-0.39, 0.29) is 10.0 Å². The molecule has 11 heteroatoms. The van der Waals surface area contributed by atoms with E-state index in [1.807, 2.05) is 19.1 Å². The molecule has 0 aliphatic carbocycles. The Balaban J connectivity index is 1.72. The number of sulfonamides is 1. The van der Waals surface area contributed by atoms with Crippen LogP contribution in [0.2, 0.25) is 0 Å². The van der Waals surface area contributed by atoms with Gasteiger partial charge in [0, 0.05) is 17.3 Å². The van der Waals surface area contributed by atoms with E-state index >= 15 is 0 Å². The fourth-order valence-corrected chi connectivity index (χ4v) is 4.29. The minimum absolute atomic E-state index is 0.0158. The van der Waals surface area contributed by atoms with Gasteiger partial charge in [0.05, 0.1) is 10.6 Å². The molecule has 1 heterocycles. The molecule has 1 atom stereocenters. The Labute approximate surface area is 183 Å². The van der Waals surface area contributed by atoms with Gasteiger partial charge in [0.25, 0.3) is 15.9 Å². The first kappa shape index (κ1) is 22.2. The average Bonchev–Trinajstić information content (AvgIpc) is 3.22. The molecule has 0 fully saturated rings. The number of carbonyl (C=O) groups is 2. The van der Waals surface area contributed by atoms with Gasteiger partial charge in [-0.05, 0) is 49.7 Å². The third kappa shape index (κ3) is 5.80. The van der Waals surface area contributed by atoms with Gasteiger partial charge in [-0.25, -0.2) is 13.4 Å². The van der Waals surface area contributed by atoms with Gasteiger partial charge in [0.15, 0.2) is 10.9 Å². The summed E-state index contributed by atoms with van der Waals surface area (Å²) in [4.78, 5) is 28.3. The second-order valence-corrected chi connectivity index (χ2v) is 9.05. The largest absolute Gasteiger partial charge is 0.324 e. The number of hydrogen-bond acceptors (Lipinski definition) is 8. The molecule has 160 valence electrons. The van der Waals surface area contributed by atoms with Gasteiger partial charge < -0.3 is 5.32 Å². The highest BCUT2D eigenvalue weighted by Gasteiger charge is 2.23. The molecule has 2 aromatic carbocycles. The maximum Gasteiger partial charge on any atom is 0.263 e. The van der Waals surface area contributed by atoms with Crippen LogP contribution in [0.15, 0.2) is 75.2 Å². The van der Waals surface area contributed by atoms with Gasteiger partial charge in [-0.15, -0.1) is 11.3 Å². The summed E-state index contributed by atoms with van der Waals surface area (Å²) in [5.74, 6) is -1.07. The summed E-state index contributed by atoms with van der Waals surface area (Å²) >= 11 is 1.16. The van der Waals surface area contributed by atoms with E-state index in [2.05, 4.69) is 25.3 Å². The molecule has 0 unspecified atom stereocenters. The molecule has 0 radical (unpaired) electrons. The van der Waals surface area contributed by atoms with Crippen molar-refractivity contribution >= 4 is 49.6 Å². The number of carbonyl (C=O) groups excluding carboxylic acids is 2. The number of thiazole rings is 1. The van der Waals surface area contributed by atoms with E-state index in [9.17, 15) is 18.0 Å². The number of hydrogen-bond donors (Lipinski definition) is 2. The van der Waals surface area contributed by atoms with Crippen molar-refractivity contribution in [1.29, 1.82) is 0 Å². The summed E-state index contributed by atoms with van der Waals surface area (Å²) in [6, 6.07) is 11.4. The summed E-state index contributed by atoms with van der Waals surface area (Å²) < 4.78 is 27.1. The molecular weight excluding hydrogens is 438 g/mol. The van der Waals surface area contributed by atoms with Gasteiger partial charge in [-0.2, -0.15) is 10.2 Å². The Morgan fingerprint density at radius 2 is 1.81 bits per heavy atom. The number of Topliss-reactive ketones (excluding diaryl/α,β-unsaturated/α-hetero) is 1. The number of amides is 1. The zero-order chi connectivity index (χ0) is 22.4. The van der Waals surface area contributed by atoms with Crippen molar-refractivity contribution < 1.29 is 18.0 Å². The molecule has 3 aromatic rings. The molecule has 0 bridgehead atoms. The zero-order valence-corrected chi connectivity index (χ0v) is 18.3. The van der Waals surface area contributed by atoms with E-state index in [1.54, 1.807) is 17.5 Å². The number of benzene rings is 2. The minimum Gasteiger partial charge on any atom is -0.324 e. The quantitative estimate of drug-likeness (QED) is 0.391. The number of nitrogens with one attached hydrogen (secondary N) is 2. The Kier molecular flexibility index (Phi) is 6.88. The van der Waals surface area contributed by atoms with Crippen molar-refractivity contribution in [3.05, 3.63) is 65.7 Å². The van der Waals surface area contributed by atoms with Crippen LogP contribution in [0, 0.1) is 6.92 Å². The zero-order valence-electron chi connectivity index (χ0n) is 16.6.